The Morgan fingerprint density at radius 2 is 1.85 bits per heavy atom. The van der Waals surface area contributed by atoms with Crippen LogP contribution in [0.15, 0.2) is 12.3 Å². The summed E-state index contributed by atoms with van der Waals surface area (Å²) in [6.07, 6.45) is 6.22. The number of nitrogens with one attached hydrogen (secondary N) is 2. The number of sulfonamides is 1. The molecular formula is C17H24N6O3S. The van der Waals surface area contributed by atoms with Gasteiger partial charge in [0, 0.05) is 43.8 Å². The zero-order chi connectivity index (χ0) is 19.2. The van der Waals surface area contributed by atoms with E-state index in [1.165, 1.54) is 6.26 Å². The minimum Gasteiger partial charge on any atom is -0.351 e. The zero-order valence-corrected chi connectivity index (χ0v) is 16.3. The third kappa shape index (κ3) is 3.77. The lowest BCUT2D eigenvalue weighted by Crippen LogP contribution is -2.39. The van der Waals surface area contributed by atoms with Gasteiger partial charge in [0.1, 0.15) is 11.3 Å². The number of hydrogen-bond acceptors (Lipinski definition) is 6. The van der Waals surface area contributed by atoms with Crippen molar-refractivity contribution in [2.45, 2.75) is 44.3 Å². The van der Waals surface area contributed by atoms with Crippen LogP contribution >= 0.6 is 0 Å². The van der Waals surface area contributed by atoms with Crippen molar-refractivity contribution in [3.05, 3.63) is 18.0 Å². The molecule has 3 heterocycles. The fourth-order valence-electron chi connectivity index (χ4n) is 3.90. The van der Waals surface area contributed by atoms with E-state index in [1.807, 2.05) is 10.6 Å². The van der Waals surface area contributed by atoms with Crippen LogP contribution in [0.3, 0.4) is 0 Å². The number of rotatable bonds is 4. The van der Waals surface area contributed by atoms with Crippen LogP contribution in [0.2, 0.25) is 0 Å². The third-order valence-electron chi connectivity index (χ3n) is 5.30. The topological polar surface area (TPSA) is 109 Å². The summed E-state index contributed by atoms with van der Waals surface area (Å²) in [4.78, 5) is 23.1. The molecule has 2 N–H and O–H groups in total. The van der Waals surface area contributed by atoms with Gasteiger partial charge in [-0.2, -0.15) is 4.98 Å². The second-order valence-corrected chi connectivity index (χ2v) is 9.24. The van der Waals surface area contributed by atoms with E-state index in [9.17, 15) is 13.2 Å². The standard InChI is InChI=1S/C17H24N6O3S/c1-22-7-8-23-14(16(22)24)9-11-10-18-17(20-15(11)23)19-12-3-5-13(6-4-12)21-27(2,25)26/h9-10,12-13,21H,3-8H2,1-2H3,(H,18,19,20). The predicted octanol–water partition coefficient (Wildman–Crippen LogP) is 0.789. The molecule has 2 aromatic rings. The molecule has 4 rings (SSSR count). The lowest BCUT2D eigenvalue weighted by Gasteiger charge is -2.29. The third-order valence-corrected chi connectivity index (χ3v) is 6.06. The maximum absolute atomic E-state index is 12.3. The van der Waals surface area contributed by atoms with Crippen molar-refractivity contribution >= 4 is 32.9 Å². The second-order valence-electron chi connectivity index (χ2n) is 7.46. The molecule has 1 saturated carbocycles. The van der Waals surface area contributed by atoms with Gasteiger partial charge in [0.15, 0.2) is 0 Å². The molecule has 2 aromatic heterocycles. The quantitative estimate of drug-likeness (QED) is 0.796. The van der Waals surface area contributed by atoms with E-state index in [4.69, 9.17) is 0 Å². The van der Waals surface area contributed by atoms with Crippen LogP contribution in [0, 0.1) is 0 Å². The van der Waals surface area contributed by atoms with Crippen LogP contribution < -0.4 is 10.0 Å². The Bertz CT molecular complexity index is 978. The van der Waals surface area contributed by atoms with E-state index in [-0.39, 0.29) is 18.0 Å². The van der Waals surface area contributed by atoms with Gasteiger partial charge < -0.3 is 14.8 Å². The Balaban J connectivity index is 1.47. The molecule has 10 heteroatoms. The first-order chi connectivity index (χ1) is 12.8. The average molecular weight is 392 g/mol. The fourth-order valence-corrected chi connectivity index (χ4v) is 4.74. The smallest absolute Gasteiger partial charge is 0.270 e. The molecule has 0 unspecified atom stereocenters. The Hall–Kier alpha value is -2.20. The summed E-state index contributed by atoms with van der Waals surface area (Å²) in [6.45, 7) is 1.39. The summed E-state index contributed by atoms with van der Waals surface area (Å²) >= 11 is 0. The number of likely N-dealkylation sites (N-methyl/N-ethyl adjacent to an activating group) is 1. The molecule has 0 radical (unpaired) electrons. The van der Waals surface area contributed by atoms with Gasteiger partial charge in [-0.1, -0.05) is 0 Å². The zero-order valence-electron chi connectivity index (χ0n) is 15.5. The molecule has 0 saturated heterocycles. The number of carbonyl (C=O) groups is 1. The van der Waals surface area contributed by atoms with Gasteiger partial charge in [-0.05, 0) is 31.7 Å². The number of amides is 1. The molecule has 1 amide bonds. The molecule has 27 heavy (non-hydrogen) atoms. The highest BCUT2D eigenvalue weighted by Crippen LogP contribution is 2.25. The lowest BCUT2D eigenvalue weighted by atomic mass is 9.92. The monoisotopic (exact) mass is 392 g/mol. The predicted molar refractivity (Wildman–Crippen MR) is 102 cm³/mol. The molecule has 1 fully saturated rings. The highest BCUT2D eigenvalue weighted by molar-refractivity contribution is 7.88. The van der Waals surface area contributed by atoms with Crippen LogP contribution in [0.5, 0.6) is 0 Å². The average Bonchev–Trinajstić information content (AvgIpc) is 2.97. The number of fused-ring (bicyclic) bond motifs is 3. The van der Waals surface area contributed by atoms with Crippen molar-refractivity contribution in [1.29, 1.82) is 0 Å². The van der Waals surface area contributed by atoms with Crippen molar-refractivity contribution in [1.82, 2.24) is 24.2 Å². The number of nitrogens with zero attached hydrogens (tertiary/aromatic N) is 4. The van der Waals surface area contributed by atoms with Crippen molar-refractivity contribution in [3.63, 3.8) is 0 Å². The first-order valence-electron chi connectivity index (χ1n) is 9.16. The molecule has 2 aliphatic rings. The molecule has 1 aliphatic heterocycles. The molecule has 0 atom stereocenters. The number of hydrogen-bond donors (Lipinski definition) is 2. The van der Waals surface area contributed by atoms with E-state index in [0.717, 1.165) is 43.3 Å². The van der Waals surface area contributed by atoms with Gasteiger partial charge in [-0.3, -0.25) is 4.79 Å². The van der Waals surface area contributed by atoms with E-state index in [2.05, 4.69) is 20.0 Å². The highest BCUT2D eigenvalue weighted by Gasteiger charge is 2.26. The fraction of sp³-hybridized carbons (Fsp3) is 0.588. The summed E-state index contributed by atoms with van der Waals surface area (Å²) in [5, 5.41) is 4.23. The first kappa shape index (κ1) is 18.2. The Kier molecular flexibility index (Phi) is 4.55. The number of anilines is 1. The maximum Gasteiger partial charge on any atom is 0.270 e. The van der Waals surface area contributed by atoms with Crippen LogP contribution in [0.25, 0.3) is 11.0 Å². The Morgan fingerprint density at radius 3 is 2.56 bits per heavy atom. The lowest BCUT2D eigenvalue weighted by molar-refractivity contribution is 0.0751. The minimum atomic E-state index is -3.16. The van der Waals surface area contributed by atoms with E-state index in [1.54, 1.807) is 18.1 Å². The molecule has 9 nitrogen and oxygen atoms in total. The first-order valence-corrected chi connectivity index (χ1v) is 11.0. The van der Waals surface area contributed by atoms with Crippen LogP contribution in [0.4, 0.5) is 5.95 Å². The SMILES string of the molecule is CN1CCn2c(cc3cnc(NC4CCC(NS(C)(=O)=O)CC4)nc32)C1=O. The van der Waals surface area contributed by atoms with Crippen LogP contribution in [-0.2, 0) is 16.6 Å². The van der Waals surface area contributed by atoms with E-state index < -0.39 is 10.0 Å². The molecule has 146 valence electrons. The normalized spacial score (nSPS) is 23.5. The van der Waals surface area contributed by atoms with Crippen molar-refractivity contribution < 1.29 is 13.2 Å². The Morgan fingerprint density at radius 1 is 1.15 bits per heavy atom. The van der Waals surface area contributed by atoms with Crippen molar-refractivity contribution in [3.8, 4) is 0 Å². The highest BCUT2D eigenvalue weighted by atomic mass is 32.2. The Labute approximate surface area is 158 Å². The number of carbonyl (C=O) groups excluding carboxylic acids is 1. The largest absolute Gasteiger partial charge is 0.351 e. The summed E-state index contributed by atoms with van der Waals surface area (Å²) in [5.74, 6) is 0.555. The molecule has 0 spiro atoms. The van der Waals surface area contributed by atoms with Crippen molar-refractivity contribution in [2.75, 3.05) is 25.2 Å². The van der Waals surface area contributed by atoms with E-state index >= 15 is 0 Å². The van der Waals surface area contributed by atoms with E-state index in [0.29, 0.717) is 18.2 Å². The summed E-state index contributed by atoms with van der Waals surface area (Å²) in [6, 6.07) is 2.06. The maximum atomic E-state index is 12.3. The van der Waals surface area contributed by atoms with Crippen molar-refractivity contribution in [2.24, 2.45) is 0 Å². The van der Waals surface area contributed by atoms with Gasteiger partial charge in [0.05, 0.1) is 6.26 Å². The molecule has 0 aromatic carbocycles. The van der Waals surface area contributed by atoms with Gasteiger partial charge >= 0.3 is 0 Å². The van der Waals surface area contributed by atoms with Crippen LogP contribution in [-0.4, -0.2) is 65.7 Å². The summed E-state index contributed by atoms with van der Waals surface area (Å²) < 4.78 is 27.3. The summed E-state index contributed by atoms with van der Waals surface area (Å²) in [5.41, 5.74) is 1.42. The minimum absolute atomic E-state index is 0.00194. The van der Waals surface area contributed by atoms with Gasteiger partial charge in [0.2, 0.25) is 16.0 Å². The molecule has 0 bridgehead atoms. The van der Waals surface area contributed by atoms with Gasteiger partial charge in [-0.15, -0.1) is 0 Å². The molecular weight excluding hydrogens is 368 g/mol. The number of aromatic nitrogens is 3. The summed E-state index contributed by atoms with van der Waals surface area (Å²) in [7, 11) is -1.36. The van der Waals surface area contributed by atoms with Gasteiger partial charge in [0.25, 0.3) is 5.91 Å². The second kappa shape index (κ2) is 6.75. The van der Waals surface area contributed by atoms with Crippen LogP contribution in [0.1, 0.15) is 36.2 Å². The molecule has 1 aliphatic carbocycles. The van der Waals surface area contributed by atoms with Gasteiger partial charge in [-0.25, -0.2) is 18.1 Å².